The molecule has 0 aliphatic carbocycles. The molecular weight excluding hydrogens is 150 g/mol. The third-order valence-electron chi connectivity index (χ3n) is 3.00. The minimum atomic E-state index is -0.172. The lowest BCUT2D eigenvalue weighted by Crippen LogP contribution is -2.55. The van der Waals surface area contributed by atoms with Gasteiger partial charge < -0.3 is 16.4 Å². The molecule has 1 aliphatic rings. The predicted molar refractivity (Wildman–Crippen MR) is 51.9 cm³/mol. The minimum Gasteiger partial charge on any atom is -0.329 e. The van der Waals surface area contributed by atoms with Gasteiger partial charge in [-0.25, -0.2) is 0 Å². The summed E-state index contributed by atoms with van der Waals surface area (Å²) in [5, 5.41) is 0. The number of hydrogen-bond acceptors (Lipinski definition) is 3. The molecule has 12 heavy (non-hydrogen) atoms. The van der Waals surface area contributed by atoms with Crippen LogP contribution >= 0.6 is 0 Å². The van der Waals surface area contributed by atoms with Gasteiger partial charge in [0.05, 0.1) is 0 Å². The number of hydrogen-bond donors (Lipinski definition) is 2. The van der Waals surface area contributed by atoms with Crippen molar-refractivity contribution in [3.63, 3.8) is 0 Å². The summed E-state index contributed by atoms with van der Waals surface area (Å²) in [6.45, 7) is 4.96. The van der Waals surface area contributed by atoms with Crippen molar-refractivity contribution < 1.29 is 0 Å². The Morgan fingerprint density at radius 2 is 2.25 bits per heavy atom. The smallest absolute Gasteiger partial charge is 0.0290 e. The summed E-state index contributed by atoms with van der Waals surface area (Å²) in [4.78, 5) is 2.34. The summed E-state index contributed by atoms with van der Waals surface area (Å²) in [6, 6.07) is 0. The summed E-state index contributed by atoms with van der Waals surface area (Å²) < 4.78 is 0. The van der Waals surface area contributed by atoms with Crippen LogP contribution < -0.4 is 11.5 Å². The Morgan fingerprint density at radius 1 is 1.58 bits per heavy atom. The highest BCUT2D eigenvalue weighted by Crippen LogP contribution is 2.23. The molecule has 1 saturated heterocycles. The van der Waals surface area contributed by atoms with E-state index in [1.54, 1.807) is 0 Å². The molecule has 3 nitrogen and oxygen atoms in total. The molecule has 1 heterocycles. The second-order valence-corrected chi connectivity index (χ2v) is 4.31. The Balaban J connectivity index is 2.50. The van der Waals surface area contributed by atoms with Crippen LogP contribution in [0.15, 0.2) is 0 Å². The molecule has 3 heteroatoms. The molecule has 0 saturated carbocycles. The maximum absolute atomic E-state index is 6.10. The number of nitrogens with two attached hydrogens (primary N) is 2. The molecule has 0 bridgehead atoms. The first-order valence-corrected chi connectivity index (χ1v) is 4.74. The van der Waals surface area contributed by atoms with Gasteiger partial charge in [0.25, 0.3) is 0 Å². The fourth-order valence-corrected chi connectivity index (χ4v) is 1.87. The van der Waals surface area contributed by atoms with Crippen molar-refractivity contribution in [2.75, 3.05) is 26.7 Å². The van der Waals surface area contributed by atoms with Gasteiger partial charge in [-0.1, -0.05) is 0 Å². The van der Waals surface area contributed by atoms with E-state index in [0.29, 0.717) is 12.5 Å². The average Bonchev–Trinajstić information content (AvgIpc) is 2.05. The molecule has 2 atom stereocenters. The number of rotatable bonds is 2. The Hall–Kier alpha value is -0.120. The van der Waals surface area contributed by atoms with E-state index >= 15 is 0 Å². The molecular formula is C9H21N3. The Labute approximate surface area is 75.1 Å². The van der Waals surface area contributed by atoms with E-state index in [4.69, 9.17) is 11.5 Å². The third-order valence-corrected chi connectivity index (χ3v) is 3.00. The Morgan fingerprint density at radius 3 is 2.75 bits per heavy atom. The summed E-state index contributed by atoms with van der Waals surface area (Å²) in [5.41, 5.74) is 11.6. The minimum absolute atomic E-state index is 0.172. The van der Waals surface area contributed by atoms with Gasteiger partial charge in [0.1, 0.15) is 0 Å². The van der Waals surface area contributed by atoms with E-state index < -0.39 is 0 Å². The van der Waals surface area contributed by atoms with Crippen molar-refractivity contribution in [3.8, 4) is 0 Å². The topological polar surface area (TPSA) is 55.3 Å². The number of piperidine rings is 1. The Kier molecular flexibility index (Phi) is 3.09. The number of nitrogens with zero attached hydrogens (tertiary/aromatic N) is 1. The lowest BCUT2D eigenvalue weighted by molar-refractivity contribution is 0.149. The molecule has 0 aromatic rings. The van der Waals surface area contributed by atoms with E-state index in [9.17, 15) is 0 Å². The van der Waals surface area contributed by atoms with E-state index in [2.05, 4.69) is 18.9 Å². The SMILES string of the molecule is CN1CCCC(C(C)(N)CN)C1. The van der Waals surface area contributed by atoms with Crippen molar-refractivity contribution in [2.24, 2.45) is 17.4 Å². The largest absolute Gasteiger partial charge is 0.329 e. The normalized spacial score (nSPS) is 31.5. The maximum atomic E-state index is 6.10. The fourth-order valence-electron chi connectivity index (χ4n) is 1.87. The zero-order valence-electron chi connectivity index (χ0n) is 8.21. The predicted octanol–water partition coefficient (Wildman–Crippen LogP) is 0.00430. The highest BCUT2D eigenvalue weighted by Gasteiger charge is 2.31. The van der Waals surface area contributed by atoms with Gasteiger partial charge in [-0.05, 0) is 39.3 Å². The summed E-state index contributed by atoms with van der Waals surface area (Å²) in [7, 11) is 2.15. The first-order chi connectivity index (χ1) is 5.56. The number of likely N-dealkylation sites (tertiary alicyclic amines) is 1. The molecule has 2 unspecified atom stereocenters. The van der Waals surface area contributed by atoms with Crippen LogP contribution in [-0.2, 0) is 0 Å². The van der Waals surface area contributed by atoms with E-state index in [1.807, 2.05) is 0 Å². The van der Waals surface area contributed by atoms with Gasteiger partial charge in [0, 0.05) is 18.6 Å². The van der Waals surface area contributed by atoms with Crippen LogP contribution in [0.2, 0.25) is 0 Å². The zero-order valence-corrected chi connectivity index (χ0v) is 8.21. The lowest BCUT2D eigenvalue weighted by Gasteiger charge is -2.39. The summed E-state index contributed by atoms with van der Waals surface area (Å²) >= 11 is 0. The summed E-state index contributed by atoms with van der Waals surface area (Å²) in [5.74, 6) is 0.571. The molecule has 1 fully saturated rings. The van der Waals surface area contributed by atoms with Crippen LogP contribution in [-0.4, -0.2) is 37.1 Å². The molecule has 0 amide bonds. The van der Waals surface area contributed by atoms with Crippen LogP contribution in [0.1, 0.15) is 19.8 Å². The Bertz CT molecular complexity index is 145. The van der Waals surface area contributed by atoms with E-state index in [1.165, 1.54) is 19.4 Å². The van der Waals surface area contributed by atoms with Gasteiger partial charge in [-0.3, -0.25) is 0 Å². The molecule has 4 N–H and O–H groups in total. The lowest BCUT2D eigenvalue weighted by atomic mass is 9.81. The molecule has 0 aromatic heterocycles. The van der Waals surface area contributed by atoms with Gasteiger partial charge in [-0.15, -0.1) is 0 Å². The van der Waals surface area contributed by atoms with Crippen LogP contribution in [0.25, 0.3) is 0 Å². The third kappa shape index (κ3) is 2.19. The molecule has 1 rings (SSSR count). The van der Waals surface area contributed by atoms with E-state index in [0.717, 1.165) is 6.54 Å². The van der Waals surface area contributed by atoms with Crippen molar-refractivity contribution in [1.82, 2.24) is 4.90 Å². The first-order valence-electron chi connectivity index (χ1n) is 4.74. The van der Waals surface area contributed by atoms with Crippen LogP contribution in [0, 0.1) is 5.92 Å². The van der Waals surface area contributed by atoms with Gasteiger partial charge >= 0.3 is 0 Å². The molecule has 0 aromatic carbocycles. The standard InChI is InChI=1S/C9H21N3/c1-9(11,7-10)8-4-3-5-12(2)6-8/h8H,3-7,10-11H2,1-2H3. The zero-order chi connectivity index (χ0) is 9.19. The van der Waals surface area contributed by atoms with Crippen LogP contribution in [0.5, 0.6) is 0 Å². The maximum Gasteiger partial charge on any atom is 0.0290 e. The molecule has 0 spiro atoms. The van der Waals surface area contributed by atoms with Gasteiger partial charge in [0.2, 0.25) is 0 Å². The fraction of sp³-hybridized carbons (Fsp3) is 1.00. The first kappa shape index (κ1) is 9.96. The highest BCUT2D eigenvalue weighted by molar-refractivity contribution is 4.91. The summed E-state index contributed by atoms with van der Waals surface area (Å²) in [6.07, 6.45) is 2.49. The van der Waals surface area contributed by atoms with Crippen molar-refractivity contribution in [2.45, 2.75) is 25.3 Å². The second-order valence-electron chi connectivity index (χ2n) is 4.31. The van der Waals surface area contributed by atoms with Gasteiger partial charge in [-0.2, -0.15) is 0 Å². The van der Waals surface area contributed by atoms with Crippen molar-refractivity contribution >= 4 is 0 Å². The quantitative estimate of drug-likeness (QED) is 0.615. The van der Waals surface area contributed by atoms with E-state index in [-0.39, 0.29) is 5.54 Å². The van der Waals surface area contributed by atoms with Crippen LogP contribution in [0.3, 0.4) is 0 Å². The monoisotopic (exact) mass is 171 g/mol. The van der Waals surface area contributed by atoms with Crippen molar-refractivity contribution in [1.29, 1.82) is 0 Å². The van der Waals surface area contributed by atoms with Crippen LogP contribution in [0.4, 0.5) is 0 Å². The van der Waals surface area contributed by atoms with Crippen molar-refractivity contribution in [3.05, 3.63) is 0 Å². The highest BCUT2D eigenvalue weighted by atomic mass is 15.1. The van der Waals surface area contributed by atoms with Gasteiger partial charge in [0.15, 0.2) is 0 Å². The molecule has 72 valence electrons. The molecule has 1 aliphatic heterocycles. The molecule has 0 radical (unpaired) electrons. The second kappa shape index (κ2) is 3.73. The average molecular weight is 171 g/mol.